The minimum atomic E-state index is -0.121. The predicted octanol–water partition coefficient (Wildman–Crippen LogP) is 2.52. The third-order valence-electron chi connectivity index (χ3n) is 3.05. The number of nitrogens with zero attached hydrogens (tertiary/aromatic N) is 3. The van der Waals surface area contributed by atoms with Crippen molar-refractivity contribution in [3.63, 3.8) is 0 Å². The second-order valence-electron chi connectivity index (χ2n) is 4.55. The molecule has 2 rings (SSSR count). The van der Waals surface area contributed by atoms with Gasteiger partial charge in [0.2, 0.25) is 0 Å². The quantitative estimate of drug-likeness (QED) is 0.932. The summed E-state index contributed by atoms with van der Waals surface area (Å²) in [6, 6.07) is 7.87. The molecule has 0 spiro atoms. The molecular weight excluding hydrogens is 320 g/mol. The first-order valence-electron chi connectivity index (χ1n) is 6.34. The highest BCUT2D eigenvalue weighted by atomic mass is 79.9. The van der Waals surface area contributed by atoms with Crippen molar-refractivity contribution in [2.45, 2.75) is 20.0 Å². The number of halogens is 1. The second-order valence-corrected chi connectivity index (χ2v) is 5.47. The number of rotatable bonds is 4. The Morgan fingerprint density at radius 2 is 2.05 bits per heavy atom. The molecule has 2 aromatic rings. The molecule has 0 aliphatic rings. The van der Waals surface area contributed by atoms with Gasteiger partial charge < -0.3 is 10.6 Å². The Morgan fingerprint density at radius 3 is 2.65 bits per heavy atom. The molecule has 1 heterocycles. The maximum absolute atomic E-state index is 12.5. The van der Waals surface area contributed by atoms with Crippen LogP contribution in [0.2, 0.25) is 0 Å². The number of hydrogen-bond acceptors (Lipinski definition) is 3. The summed E-state index contributed by atoms with van der Waals surface area (Å²) in [6.07, 6.45) is 1.52. The number of benzene rings is 1. The zero-order valence-corrected chi connectivity index (χ0v) is 13.1. The maximum Gasteiger partial charge on any atom is 0.274 e. The summed E-state index contributed by atoms with van der Waals surface area (Å²) in [6.45, 7) is 3.07. The van der Waals surface area contributed by atoms with Crippen LogP contribution >= 0.6 is 15.9 Å². The zero-order valence-electron chi connectivity index (χ0n) is 11.5. The molecule has 0 aliphatic heterocycles. The normalized spacial score (nSPS) is 10.6. The van der Waals surface area contributed by atoms with Crippen molar-refractivity contribution in [2.24, 2.45) is 0 Å². The van der Waals surface area contributed by atoms with Crippen LogP contribution in [0, 0.1) is 0 Å². The highest BCUT2D eigenvalue weighted by Crippen LogP contribution is 2.16. The van der Waals surface area contributed by atoms with Crippen molar-refractivity contribution in [2.75, 3.05) is 12.8 Å². The van der Waals surface area contributed by atoms with Crippen LogP contribution in [0.1, 0.15) is 23.0 Å². The molecule has 0 unspecified atom stereocenters. The molecule has 2 N–H and O–H groups in total. The number of carbonyl (C=O) groups excluding carboxylic acids is 1. The SMILES string of the molecule is CCn1ncc(N)c1C(=O)N(C)Cc1ccc(Br)cc1. The second kappa shape index (κ2) is 6.09. The molecule has 0 radical (unpaired) electrons. The van der Waals surface area contributed by atoms with E-state index < -0.39 is 0 Å². The fourth-order valence-corrected chi connectivity index (χ4v) is 2.25. The van der Waals surface area contributed by atoms with Gasteiger partial charge in [-0.25, -0.2) is 0 Å². The first kappa shape index (κ1) is 14.6. The van der Waals surface area contributed by atoms with Crippen molar-refractivity contribution in [3.05, 3.63) is 46.2 Å². The third-order valence-corrected chi connectivity index (χ3v) is 3.58. The van der Waals surface area contributed by atoms with E-state index in [0.29, 0.717) is 24.5 Å². The van der Waals surface area contributed by atoms with Gasteiger partial charge in [0.15, 0.2) is 0 Å². The van der Waals surface area contributed by atoms with E-state index in [1.54, 1.807) is 16.6 Å². The van der Waals surface area contributed by atoms with Gasteiger partial charge in [-0.1, -0.05) is 28.1 Å². The molecule has 1 amide bonds. The fourth-order valence-electron chi connectivity index (χ4n) is 1.99. The lowest BCUT2D eigenvalue weighted by molar-refractivity contribution is 0.0774. The van der Waals surface area contributed by atoms with Crippen LogP contribution in [-0.2, 0) is 13.1 Å². The molecular formula is C14H17BrN4O. The molecule has 0 atom stereocenters. The van der Waals surface area contributed by atoms with Crippen LogP contribution in [0.15, 0.2) is 34.9 Å². The van der Waals surface area contributed by atoms with E-state index >= 15 is 0 Å². The molecule has 6 heteroatoms. The minimum absolute atomic E-state index is 0.121. The molecule has 20 heavy (non-hydrogen) atoms. The maximum atomic E-state index is 12.5. The van der Waals surface area contributed by atoms with E-state index in [-0.39, 0.29) is 5.91 Å². The first-order chi connectivity index (χ1) is 9.52. The minimum Gasteiger partial charge on any atom is -0.396 e. The van der Waals surface area contributed by atoms with Crippen LogP contribution in [0.5, 0.6) is 0 Å². The number of anilines is 1. The average molecular weight is 337 g/mol. The predicted molar refractivity (Wildman–Crippen MR) is 82.3 cm³/mol. The Balaban J connectivity index is 2.16. The lowest BCUT2D eigenvalue weighted by Crippen LogP contribution is -2.29. The van der Waals surface area contributed by atoms with E-state index in [1.165, 1.54) is 6.20 Å². The lowest BCUT2D eigenvalue weighted by Gasteiger charge is -2.18. The Hall–Kier alpha value is -1.82. The van der Waals surface area contributed by atoms with Gasteiger partial charge in [-0.3, -0.25) is 9.48 Å². The highest BCUT2D eigenvalue weighted by molar-refractivity contribution is 9.10. The number of amides is 1. The van der Waals surface area contributed by atoms with E-state index in [4.69, 9.17) is 5.73 Å². The van der Waals surface area contributed by atoms with Gasteiger partial charge in [0.25, 0.3) is 5.91 Å². The van der Waals surface area contributed by atoms with Gasteiger partial charge in [-0.15, -0.1) is 0 Å². The summed E-state index contributed by atoms with van der Waals surface area (Å²) in [5.74, 6) is -0.121. The largest absolute Gasteiger partial charge is 0.396 e. The number of nitrogen functional groups attached to an aromatic ring is 1. The Kier molecular flexibility index (Phi) is 4.44. The summed E-state index contributed by atoms with van der Waals surface area (Å²) in [7, 11) is 1.76. The molecule has 1 aromatic carbocycles. The van der Waals surface area contributed by atoms with Gasteiger partial charge in [0.05, 0.1) is 11.9 Å². The van der Waals surface area contributed by atoms with Gasteiger partial charge in [0.1, 0.15) is 5.69 Å². The topological polar surface area (TPSA) is 64.2 Å². The third kappa shape index (κ3) is 3.01. The highest BCUT2D eigenvalue weighted by Gasteiger charge is 2.20. The molecule has 0 aliphatic carbocycles. The van der Waals surface area contributed by atoms with Crippen molar-refractivity contribution in [1.29, 1.82) is 0 Å². The summed E-state index contributed by atoms with van der Waals surface area (Å²) < 4.78 is 2.64. The van der Waals surface area contributed by atoms with E-state index in [9.17, 15) is 4.79 Å². The Labute approximate surface area is 126 Å². The Morgan fingerprint density at radius 1 is 1.40 bits per heavy atom. The van der Waals surface area contributed by atoms with Gasteiger partial charge in [-0.2, -0.15) is 5.10 Å². The molecule has 1 aromatic heterocycles. The van der Waals surface area contributed by atoms with E-state index in [2.05, 4.69) is 21.0 Å². The van der Waals surface area contributed by atoms with Crippen LogP contribution in [0.4, 0.5) is 5.69 Å². The fraction of sp³-hybridized carbons (Fsp3) is 0.286. The molecule has 106 valence electrons. The van der Waals surface area contributed by atoms with Crippen LogP contribution in [0.25, 0.3) is 0 Å². The van der Waals surface area contributed by atoms with E-state index in [0.717, 1.165) is 10.0 Å². The first-order valence-corrected chi connectivity index (χ1v) is 7.13. The number of aromatic nitrogens is 2. The summed E-state index contributed by atoms with van der Waals surface area (Å²) in [5.41, 5.74) is 7.76. The monoisotopic (exact) mass is 336 g/mol. The number of nitrogens with two attached hydrogens (primary N) is 1. The van der Waals surface area contributed by atoms with Crippen molar-refractivity contribution in [3.8, 4) is 0 Å². The molecule has 0 fully saturated rings. The van der Waals surface area contributed by atoms with Crippen LogP contribution in [-0.4, -0.2) is 27.6 Å². The zero-order chi connectivity index (χ0) is 14.7. The summed E-state index contributed by atoms with van der Waals surface area (Å²) in [4.78, 5) is 14.1. The molecule has 0 saturated carbocycles. The van der Waals surface area contributed by atoms with Gasteiger partial charge >= 0.3 is 0 Å². The van der Waals surface area contributed by atoms with Crippen molar-refractivity contribution >= 4 is 27.5 Å². The van der Waals surface area contributed by atoms with E-state index in [1.807, 2.05) is 31.2 Å². The number of aryl methyl sites for hydroxylation is 1. The Bertz CT molecular complexity index is 606. The van der Waals surface area contributed by atoms with Gasteiger partial charge in [0, 0.05) is 24.6 Å². The van der Waals surface area contributed by atoms with Gasteiger partial charge in [-0.05, 0) is 24.6 Å². The molecule has 5 nitrogen and oxygen atoms in total. The van der Waals surface area contributed by atoms with Crippen LogP contribution in [0.3, 0.4) is 0 Å². The standard InChI is InChI=1S/C14H17BrN4O/c1-3-19-13(12(16)8-17-19)14(20)18(2)9-10-4-6-11(15)7-5-10/h4-8H,3,9,16H2,1-2H3. The molecule has 0 saturated heterocycles. The number of hydrogen-bond donors (Lipinski definition) is 1. The molecule has 0 bridgehead atoms. The van der Waals surface area contributed by atoms with Crippen molar-refractivity contribution in [1.82, 2.24) is 14.7 Å². The summed E-state index contributed by atoms with van der Waals surface area (Å²) in [5, 5.41) is 4.09. The summed E-state index contributed by atoms with van der Waals surface area (Å²) >= 11 is 3.39. The number of carbonyl (C=O) groups is 1. The lowest BCUT2D eigenvalue weighted by atomic mass is 10.2. The van der Waals surface area contributed by atoms with Crippen LogP contribution < -0.4 is 5.73 Å². The van der Waals surface area contributed by atoms with Crippen molar-refractivity contribution < 1.29 is 4.79 Å². The average Bonchev–Trinajstić information content (AvgIpc) is 2.81. The smallest absolute Gasteiger partial charge is 0.274 e.